The molecule has 0 aliphatic rings. The van der Waals surface area contributed by atoms with Crippen LogP contribution in [0.3, 0.4) is 0 Å². The summed E-state index contributed by atoms with van der Waals surface area (Å²) in [5.74, 6) is -0.300. The number of quaternary nitrogens is 1. The maximum absolute atomic E-state index is 12.9. The Kier molecular flexibility index (Phi) is 61.2. The molecular weight excluding hydrogens is 974 g/mol. The number of esters is 1. The first-order valence-corrected chi connectivity index (χ1v) is 36.3. The van der Waals surface area contributed by atoms with Crippen molar-refractivity contribution in [3.05, 3.63) is 0 Å². The van der Waals surface area contributed by atoms with Crippen LogP contribution in [0.15, 0.2) is 0 Å². The predicted octanol–water partition coefficient (Wildman–Crippen LogP) is 22.6. The summed E-state index contributed by atoms with van der Waals surface area (Å²) in [5.41, 5.74) is 0. The van der Waals surface area contributed by atoms with Crippen LogP contribution in [0, 0.1) is 0 Å². The van der Waals surface area contributed by atoms with Crippen LogP contribution in [-0.2, 0) is 27.9 Å². The molecule has 1 unspecified atom stereocenters. The second-order valence-corrected chi connectivity index (χ2v) is 26.7. The van der Waals surface area contributed by atoms with Crippen LogP contribution in [0.25, 0.3) is 0 Å². The molecule has 0 aromatic carbocycles. The molecular formula is C68H139NO7P+. The third-order valence-corrected chi connectivity index (χ3v) is 17.2. The van der Waals surface area contributed by atoms with Crippen LogP contribution in [0.5, 0.6) is 0 Å². The second-order valence-electron chi connectivity index (χ2n) is 25.3. The lowest BCUT2D eigenvalue weighted by Gasteiger charge is -2.24. The number of phosphoric acid groups is 1. The lowest BCUT2D eigenvalue weighted by molar-refractivity contribution is -0.870. The van der Waals surface area contributed by atoms with Crippen molar-refractivity contribution in [2.24, 2.45) is 0 Å². The molecule has 0 spiro atoms. The van der Waals surface area contributed by atoms with Gasteiger partial charge in [0, 0.05) is 13.0 Å². The van der Waals surface area contributed by atoms with E-state index in [9.17, 15) is 14.3 Å². The highest BCUT2D eigenvalue weighted by atomic mass is 31.2. The molecule has 0 radical (unpaired) electrons. The minimum Gasteiger partial charge on any atom is -0.457 e. The molecule has 8 nitrogen and oxygen atoms in total. The van der Waals surface area contributed by atoms with Gasteiger partial charge >= 0.3 is 13.8 Å². The number of carbonyl (C=O) groups excluding carboxylic acids is 1. The van der Waals surface area contributed by atoms with Crippen molar-refractivity contribution in [1.82, 2.24) is 0 Å². The number of carbonyl (C=O) groups is 1. The summed E-state index contributed by atoms with van der Waals surface area (Å²) in [6, 6.07) is 0. The van der Waals surface area contributed by atoms with E-state index in [2.05, 4.69) is 13.8 Å². The highest BCUT2D eigenvalue weighted by Crippen LogP contribution is 2.43. The van der Waals surface area contributed by atoms with E-state index in [1.807, 2.05) is 21.1 Å². The first kappa shape index (κ1) is 76.5. The molecule has 0 aliphatic carbocycles. The third kappa shape index (κ3) is 66.2. The number of hydrogen-bond acceptors (Lipinski definition) is 6. The normalized spacial score (nSPS) is 13.2. The summed E-state index contributed by atoms with van der Waals surface area (Å²) < 4.78 is 35.4. The largest absolute Gasteiger partial charge is 0.472 e. The maximum Gasteiger partial charge on any atom is 0.472 e. The summed E-state index contributed by atoms with van der Waals surface area (Å²) in [6.45, 7) is 5.74. The average molecular weight is 1110 g/mol. The summed E-state index contributed by atoms with van der Waals surface area (Å²) in [6.07, 6.45) is 75.1. The first-order valence-electron chi connectivity index (χ1n) is 34.8. The predicted molar refractivity (Wildman–Crippen MR) is 335 cm³/mol. The molecule has 0 bridgehead atoms. The minimum atomic E-state index is -4.28. The summed E-state index contributed by atoms with van der Waals surface area (Å²) in [5, 5.41) is 0. The van der Waals surface area contributed by atoms with Gasteiger partial charge in [-0.25, -0.2) is 4.57 Å². The number of unbranched alkanes of at least 4 members (excludes halogenated alkanes) is 53. The van der Waals surface area contributed by atoms with Crippen LogP contribution in [0.4, 0.5) is 0 Å². The molecule has 2 atom stereocenters. The lowest BCUT2D eigenvalue weighted by atomic mass is 10.0. The number of rotatable bonds is 67. The molecule has 462 valence electrons. The summed E-state index contributed by atoms with van der Waals surface area (Å²) >= 11 is 0. The monoisotopic (exact) mass is 1110 g/mol. The molecule has 0 aromatic rings. The molecule has 77 heavy (non-hydrogen) atoms. The Labute approximate surface area is 482 Å². The zero-order valence-electron chi connectivity index (χ0n) is 53.0. The fourth-order valence-electron chi connectivity index (χ4n) is 10.9. The van der Waals surface area contributed by atoms with E-state index in [0.29, 0.717) is 24.1 Å². The van der Waals surface area contributed by atoms with Crippen LogP contribution in [-0.4, -0.2) is 75.6 Å². The van der Waals surface area contributed by atoms with E-state index in [1.54, 1.807) is 0 Å². The molecule has 0 fully saturated rings. The molecule has 9 heteroatoms. The quantitative estimate of drug-likeness (QED) is 0.0281. The highest BCUT2D eigenvalue weighted by Gasteiger charge is 2.26. The smallest absolute Gasteiger partial charge is 0.457 e. The minimum absolute atomic E-state index is 0.0947. The van der Waals surface area contributed by atoms with Gasteiger partial charge in [-0.2, -0.15) is 0 Å². The Hall–Kier alpha value is -0.500. The second kappa shape index (κ2) is 61.6. The molecule has 0 amide bonds. The van der Waals surface area contributed by atoms with E-state index in [-0.39, 0.29) is 25.8 Å². The molecule has 0 saturated carbocycles. The fourth-order valence-corrected chi connectivity index (χ4v) is 11.6. The highest BCUT2D eigenvalue weighted by molar-refractivity contribution is 7.47. The Morgan fingerprint density at radius 3 is 0.857 bits per heavy atom. The van der Waals surface area contributed by atoms with Crippen LogP contribution >= 0.6 is 7.82 Å². The molecule has 0 heterocycles. The Balaban J connectivity index is 3.84. The summed E-state index contributed by atoms with van der Waals surface area (Å²) in [7, 11) is 1.70. The van der Waals surface area contributed by atoms with Gasteiger partial charge in [-0.15, -0.1) is 0 Å². The number of likely N-dealkylation sites (N-methyl/N-ethyl adjacent to an activating group) is 1. The molecule has 0 saturated heterocycles. The van der Waals surface area contributed by atoms with Gasteiger partial charge < -0.3 is 18.9 Å². The van der Waals surface area contributed by atoms with Gasteiger partial charge in [0.25, 0.3) is 0 Å². The van der Waals surface area contributed by atoms with Crippen molar-refractivity contribution in [1.29, 1.82) is 0 Å². The summed E-state index contributed by atoms with van der Waals surface area (Å²) in [4.78, 5) is 23.2. The van der Waals surface area contributed by atoms with E-state index >= 15 is 0 Å². The number of nitrogens with zero attached hydrogens (tertiary/aromatic N) is 1. The number of hydrogen-bond donors (Lipinski definition) is 1. The zero-order valence-corrected chi connectivity index (χ0v) is 53.9. The van der Waals surface area contributed by atoms with Crippen molar-refractivity contribution < 1.29 is 37.3 Å². The van der Waals surface area contributed by atoms with Crippen molar-refractivity contribution in [2.75, 3.05) is 54.1 Å². The Morgan fingerprint density at radius 1 is 0.351 bits per heavy atom. The number of ether oxygens (including phenoxy) is 2. The van der Waals surface area contributed by atoms with Crippen LogP contribution in [0.2, 0.25) is 0 Å². The molecule has 0 aromatic heterocycles. The molecule has 0 rings (SSSR count). The van der Waals surface area contributed by atoms with Gasteiger partial charge in [-0.1, -0.05) is 354 Å². The van der Waals surface area contributed by atoms with Crippen LogP contribution in [0.1, 0.15) is 373 Å². The van der Waals surface area contributed by atoms with Gasteiger partial charge in [0.05, 0.1) is 34.4 Å². The van der Waals surface area contributed by atoms with E-state index in [4.69, 9.17) is 18.5 Å². The van der Waals surface area contributed by atoms with E-state index in [1.165, 1.54) is 321 Å². The van der Waals surface area contributed by atoms with Gasteiger partial charge in [0.2, 0.25) is 0 Å². The molecule has 0 aliphatic heterocycles. The third-order valence-electron chi connectivity index (χ3n) is 16.2. The van der Waals surface area contributed by atoms with Crippen molar-refractivity contribution >= 4 is 13.8 Å². The topological polar surface area (TPSA) is 91.3 Å². The van der Waals surface area contributed by atoms with E-state index in [0.717, 1.165) is 32.1 Å². The van der Waals surface area contributed by atoms with Gasteiger partial charge in [0.1, 0.15) is 19.3 Å². The SMILES string of the molecule is CCCCCCCCCCCCCCCCCCCCCCCCCCCCCCCCCCCCCC(=O)O[C@H](COCCCCCCCCCCCCCCCCCCCCCC)COP(=O)(O)OCC[N+](C)(C)C. The van der Waals surface area contributed by atoms with Crippen molar-refractivity contribution in [3.8, 4) is 0 Å². The Bertz CT molecular complexity index is 1200. The standard InChI is InChI=1S/C68H138NO7P/c1-6-8-10-12-14-16-18-20-22-24-26-28-29-30-31-32-33-34-35-36-37-38-39-40-41-42-43-45-47-49-51-53-55-57-59-61-68(70)76-67(66-75-77(71,72)74-64-62-69(3,4)5)65-73-63-60-58-56-54-52-50-48-46-44-27-25-23-21-19-17-15-13-11-9-7-2/h67H,6-66H2,1-5H3/p+1/t67-/m1/s1. The van der Waals surface area contributed by atoms with Gasteiger partial charge in [0.15, 0.2) is 0 Å². The van der Waals surface area contributed by atoms with Crippen LogP contribution < -0.4 is 0 Å². The maximum atomic E-state index is 12.9. The Morgan fingerprint density at radius 2 is 0.597 bits per heavy atom. The molecule has 1 N–H and O–H groups in total. The average Bonchev–Trinajstić information content (AvgIpc) is 3.40. The first-order chi connectivity index (χ1) is 37.6. The van der Waals surface area contributed by atoms with E-state index < -0.39 is 13.9 Å². The number of phosphoric ester groups is 1. The van der Waals surface area contributed by atoms with Crippen molar-refractivity contribution in [3.63, 3.8) is 0 Å². The van der Waals surface area contributed by atoms with Gasteiger partial charge in [-0.05, 0) is 12.8 Å². The fraction of sp³-hybridized carbons (Fsp3) is 0.985. The van der Waals surface area contributed by atoms with Crippen molar-refractivity contribution in [2.45, 2.75) is 380 Å². The van der Waals surface area contributed by atoms with Gasteiger partial charge in [-0.3, -0.25) is 13.8 Å². The zero-order chi connectivity index (χ0) is 56.1. The lowest BCUT2D eigenvalue weighted by Crippen LogP contribution is -2.37.